The first-order valence-electron chi connectivity index (χ1n) is 14.1. The molecule has 1 aromatic heterocycles. The summed E-state index contributed by atoms with van der Waals surface area (Å²) in [5.74, 6) is 2.97. The minimum Gasteiger partial charge on any atom is -0.465 e. The molecular formula is C33H35N3O3. The van der Waals surface area contributed by atoms with E-state index in [4.69, 9.17) is 4.74 Å². The van der Waals surface area contributed by atoms with Gasteiger partial charge in [0.15, 0.2) is 0 Å². The minimum absolute atomic E-state index is 0.184. The van der Waals surface area contributed by atoms with Crippen LogP contribution in [-0.2, 0) is 16.6 Å². The summed E-state index contributed by atoms with van der Waals surface area (Å²) < 4.78 is 5.72. The molecule has 4 aliphatic carbocycles. The average molecular weight is 522 g/mol. The molecule has 6 nitrogen and oxygen atoms in total. The number of nitrogens with zero attached hydrogens (tertiary/aromatic N) is 1. The SMILES string of the molecule is O=C(/C=C/Oc1ccc(C23CC4CC(CC(C4)C2)C3)cc1)Nc1cccc(C(=O)NCCc2ccncc2)c1. The topological polar surface area (TPSA) is 80.3 Å². The molecule has 4 aliphatic rings. The Hall–Kier alpha value is -3.93. The van der Waals surface area contributed by atoms with Gasteiger partial charge in [-0.2, -0.15) is 0 Å². The molecule has 4 saturated carbocycles. The highest BCUT2D eigenvalue weighted by Gasteiger charge is 2.51. The second kappa shape index (κ2) is 11.0. The monoisotopic (exact) mass is 521 g/mol. The Morgan fingerprint density at radius 1 is 0.923 bits per heavy atom. The first-order chi connectivity index (χ1) is 19.0. The maximum absolute atomic E-state index is 12.5. The van der Waals surface area contributed by atoms with Crippen LogP contribution in [0.2, 0.25) is 0 Å². The molecule has 4 fully saturated rings. The van der Waals surface area contributed by atoms with Crippen LogP contribution in [0.5, 0.6) is 5.75 Å². The normalized spacial score (nSPS) is 25.0. The van der Waals surface area contributed by atoms with Gasteiger partial charge in [0.2, 0.25) is 0 Å². The predicted octanol–water partition coefficient (Wildman–Crippen LogP) is 6.05. The van der Waals surface area contributed by atoms with E-state index in [0.717, 1.165) is 35.5 Å². The lowest BCUT2D eigenvalue weighted by atomic mass is 9.48. The quantitative estimate of drug-likeness (QED) is 0.265. The largest absolute Gasteiger partial charge is 0.465 e. The highest BCUT2D eigenvalue weighted by atomic mass is 16.5. The van der Waals surface area contributed by atoms with E-state index in [1.54, 1.807) is 36.7 Å². The number of amides is 2. The van der Waals surface area contributed by atoms with Crippen molar-refractivity contribution < 1.29 is 14.3 Å². The minimum atomic E-state index is -0.324. The number of hydrogen-bond acceptors (Lipinski definition) is 4. The van der Waals surface area contributed by atoms with Crippen LogP contribution in [0, 0.1) is 17.8 Å². The fourth-order valence-electron chi connectivity index (χ4n) is 7.42. The maximum atomic E-state index is 12.5. The number of benzene rings is 2. The molecule has 0 saturated heterocycles. The van der Waals surface area contributed by atoms with Gasteiger partial charge >= 0.3 is 0 Å². The van der Waals surface area contributed by atoms with Crippen LogP contribution in [0.3, 0.4) is 0 Å². The van der Waals surface area contributed by atoms with Crippen molar-refractivity contribution >= 4 is 17.5 Å². The Kier molecular flexibility index (Phi) is 7.18. The number of aromatic nitrogens is 1. The van der Waals surface area contributed by atoms with Crippen molar-refractivity contribution in [2.45, 2.75) is 50.4 Å². The zero-order chi connectivity index (χ0) is 26.7. The molecule has 4 bridgehead atoms. The third-order valence-corrected chi connectivity index (χ3v) is 8.77. The van der Waals surface area contributed by atoms with Crippen molar-refractivity contribution in [1.82, 2.24) is 10.3 Å². The number of hydrogen-bond donors (Lipinski definition) is 2. The van der Waals surface area contributed by atoms with E-state index < -0.39 is 0 Å². The number of ether oxygens (including phenoxy) is 1. The Morgan fingerprint density at radius 2 is 1.62 bits per heavy atom. The molecule has 0 aliphatic heterocycles. The molecule has 7 rings (SSSR count). The highest BCUT2D eigenvalue weighted by molar-refractivity contribution is 6.01. The van der Waals surface area contributed by atoms with Crippen LogP contribution in [-0.4, -0.2) is 23.3 Å². The van der Waals surface area contributed by atoms with Crippen molar-refractivity contribution in [3.63, 3.8) is 0 Å². The summed E-state index contributed by atoms with van der Waals surface area (Å²) >= 11 is 0. The molecule has 0 spiro atoms. The van der Waals surface area contributed by atoms with Gasteiger partial charge in [-0.3, -0.25) is 14.6 Å². The Balaban J connectivity index is 0.988. The molecule has 0 unspecified atom stereocenters. The molecule has 6 heteroatoms. The van der Waals surface area contributed by atoms with Crippen LogP contribution in [0.1, 0.15) is 60.0 Å². The molecule has 2 aromatic carbocycles. The number of carbonyl (C=O) groups excluding carboxylic acids is 2. The fourth-order valence-corrected chi connectivity index (χ4v) is 7.42. The molecule has 0 atom stereocenters. The van der Waals surface area contributed by atoms with E-state index in [1.807, 2.05) is 24.3 Å². The summed E-state index contributed by atoms with van der Waals surface area (Å²) in [7, 11) is 0. The van der Waals surface area contributed by atoms with Crippen molar-refractivity contribution in [3.8, 4) is 5.75 Å². The van der Waals surface area contributed by atoms with E-state index in [2.05, 4.69) is 27.8 Å². The number of carbonyl (C=O) groups is 2. The van der Waals surface area contributed by atoms with Gasteiger partial charge in [-0.15, -0.1) is 0 Å². The van der Waals surface area contributed by atoms with Gasteiger partial charge in [-0.1, -0.05) is 18.2 Å². The number of rotatable bonds is 9. The first-order valence-corrected chi connectivity index (χ1v) is 14.1. The van der Waals surface area contributed by atoms with Crippen LogP contribution in [0.25, 0.3) is 0 Å². The Bertz CT molecular complexity index is 1310. The highest BCUT2D eigenvalue weighted by Crippen LogP contribution is 2.60. The molecule has 2 N–H and O–H groups in total. The summed E-state index contributed by atoms with van der Waals surface area (Å²) in [6.07, 6.45) is 15.3. The lowest BCUT2D eigenvalue weighted by molar-refractivity contribution is -0.112. The summed E-state index contributed by atoms with van der Waals surface area (Å²) in [6.45, 7) is 0.517. The number of anilines is 1. The van der Waals surface area contributed by atoms with Crippen molar-refractivity contribution in [2.75, 3.05) is 11.9 Å². The molecule has 1 heterocycles. The van der Waals surface area contributed by atoms with Crippen LogP contribution in [0.15, 0.2) is 85.4 Å². The molecular weight excluding hydrogens is 486 g/mol. The van der Waals surface area contributed by atoms with Gasteiger partial charge in [0.05, 0.1) is 6.26 Å². The summed E-state index contributed by atoms with van der Waals surface area (Å²) in [5.41, 5.74) is 3.97. The Morgan fingerprint density at radius 3 is 2.31 bits per heavy atom. The molecule has 200 valence electrons. The second-order valence-electron chi connectivity index (χ2n) is 11.6. The van der Waals surface area contributed by atoms with Gasteiger partial charge in [-0.05, 0) is 122 Å². The third kappa shape index (κ3) is 5.90. The van der Waals surface area contributed by atoms with Gasteiger partial charge in [-0.25, -0.2) is 0 Å². The average Bonchev–Trinajstić information content (AvgIpc) is 2.93. The zero-order valence-electron chi connectivity index (χ0n) is 22.1. The van der Waals surface area contributed by atoms with Crippen LogP contribution >= 0.6 is 0 Å². The van der Waals surface area contributed by atoms with Gasteiger partial charge in [0.25, 0.3) is 11.8 Å². The number of nitrogens with one attached hydrogen (secondary N) is 2. The van der Waals surface area contributed by atoms with E-state index in [-0.39, 0.29) is 11.8 Å². The van der Waals surface area contributed by atoms with Gasteiger partial charge in [0.1, 0.15) is 5.75 Å². The van der Waals surface area contributed by atoms with Gasteiger partial charge < -0.3 is 15.4 Å². The van der Waals surface area contributed by atoms with Crippen molar-refractivity contribution in [1.29, 1.82) is 0 Å². The second-order valence-corrected chi connectivity index (χ2v) is 11.6. The third-order valence-electron chi connectivity index (χ3n) is 8.77. The Labute approximate surface area is 229 Å². The van der Waals surface area contributed by atoms with Crippen molar-refractivity contribution in [3.05, 3.63) is 102 Å². The zero-order valence-corrected chi connectivity index (χ0v) is 22.1. The molecule has 39 heavy (non-hydrogen) atoms. The van der Waals surface area contributed by atoms with Crippen LogP contribution < -0.4 is 15.4 Å². The van der Waals surface area contributed by atoms with E-state index in [0.29, 0.717) is 23.2 Å². The standard InChI is InChI=1S/C33H35N3O3/c37-31(36-29-3-1-2-27(19-29)32(38)35-14-10-23-8-12-34-13-9-23)11-15-39-30-6-4-28(5-7-30)33-20-24-16-25(21-33)18-26(17-24)22-33/h1-9,11-13,15,19,24-26H,10,14,16-18,20-22H2,(H,35,38)(H,36,37)/b15-11+. The first kappa shape index (κ1) is 25.4. The van der Waals surface area contributed by atoms with Gasteiger partial charge in [0, 0.05) is 36.3 Å². The van der Waals surface area contributed by atoms with E-state index in [1.165, 1.54) is 56.4 Å². The van der Waals surface area contributed by atoms with E-state index >= 15 is 0 Å². The molecule has 3 aromatic rings. The fraction of sp³-hybridized carbons (Fsp3) is 0.364. The summed E-state index contributed by atoms with van der Waals surface area (Å²) in [5, 5.41) is 5.71. The van der Waals surface area contributed by atoms with Crippen molar-refractivity contribution in [2.24, 2.45) is 17.8 Å². The predicted molar refractivity (Wildman–Crippen MR) is 151 cm³/mol. The summed E-state index contributed by atoms with van der Waals surface area (Å²) in [6, 6.07) is 19.2. The molecule has 2 amide bonds. The van der Waals surface area contributed by atoms with E-state index in [9.17, 15) is 9.59 Å². The van der Waals surface area contributed by atoms with Crippen LogP contribution in [0.4, 0.5) is 5.69 Å². The smallest absolute Gasteiger partial charge is 0.251 e. The maximum Gasteiger partial charge on any atom is 0.251 e. The summed E-state index contributed by atoms with van der Waals surface area (Å²) in [4.78, 5) is 29.0. The lowest BCUT2D eigenvalue weighted by Crippen LogP contribution is -2.48. The lowest BCUT2D eigenvalue weighted by Gasteiger charge is -2.57. The number of pyridine rings is 1. The molecule has 0 radical (unpaired) electrons.